The average molecular weight is 1910 g/mol. The molecular formula is C113H132N16O12. The molecule has 0 amide bonds. The second-order valence-corrected chi connectivity index (χ2v) is 48.9. The fraction of sp³-hybridized carbons (Fsp3) is 0.504. The Bertz CT molecular complexity index is 5810. The Kier molecular flexibility index (Phi) is 23.6. The molecule has 141 heavy (non-hydrogen) atoms. The van der Waals surface area contributed by atoms with Crippen molar-refractivity contribution in [3.63, 3.8) is 0 Å². The SMILES string of the molecule is CN1C2=C(C(=O)CC(C)(C)C2)C(c2ccc(OCc3cn(CC(Cn4cc(COc5ccc(C6C7=C(CC(C)(C)CC7=O)N(C)C7=C6C(=O)CC(C)(C)C7)cc5)nn4)(Cn4cc(COc5ccc(C6C7=C(CC(C)(C)CC7=O)N(C)C7=C6C(=O)CC(C)(C)C7)cc5)nn4)Cn4cc(COc5ccc(C6C7=C(CC(C)(C)CC7=O)N(C)C7=C6C(=O)CC(C)(C)C7)cc5)nn4)nn3)cc2)C2=C1CC(C)(C)CC2=O. The Morgan fingerprint density at radius 3 is 0.539 bits per heavy atom. The fourth-order valence-corrected chi connectivity index (χ4v) is 25.2. The quantitative estimate of drug-likeness (QED) is 0.0542. The van der Waals surface area contributed by atoms with Crippen molar-refractivity contribution in [2.24, 2.45) is 48.7 Å². The standard InChI is InChI=1S/C113H132N16O12/c1-105(2)37-77-97(85(130)45-105)93(98-78(122(77)17)38-106(3,4)46-86(98)131)65-21-29-73(30-22-65)138-57-69-53-126(118-114-69)61-113(62-127-54-70(115-119-127)58-139-74-31-23-66(24-32-74)94-99-79(39-107(5,6)47-87(99)132)123(18)80-40-108(7,8)48-88(133)100(80)94,63-128-55-71(116-120-128)59-140-75-33-25-67(26-34-75)95-101-81(41-109(9,10)49-89(101)134)124(19)82-42-110(11,12)50-90(135)102(82)95)64-129-56-72(117-121-129)60-141-76-35-27-68(28-36-76)96-103-83(43-111(13,14)51-91(103)136)125(20)84-44-112(15,16)52-92(137)104(84)96/h21-36,53-56,93-96H,37-52,57-64H2,1-20H3. The number of nitrogens with zero attached hydrogens (tertiary/aromatic N) is 16. The van der Waals surface area contributed by atoms with Crippen LogP contribution in [0.3, 0.4) is 0 Å². The van der Waals surface area contributed by atoms with Crippen molar-refractivity contribution < 1.29 is 57.3 Å². The lowest BCUT2D eigenvalue weighted by Gasteiger charge is -2.47. The summed E-state index contributed by atoms with van der Waals surface area (Å²) in [6, 6.07) is 30.9. The van der Waals surface area contributed by atoms with Gasteiger partial charge in [-0.1, -0.05) is 180 Å². The molecule has 0 fully saturated rings. The first-order valence-electron chi connectivity index (χ1n) is 50.0. The van der Waals surface area contributed by atoms with E-state index in [-0.39, 0.29) is 142 Å². The summed E-state index contributed by atoms with van der Waals surface area (Å²) in [4.78, 5) is 124. The van der Waals surface area contributed by atoms with Crippen molar-refractivity contribution in [1.29, 1.82) is 0 Å². The van der Waals surface area contributed by atoms with Crippen molar-refractivity contribution in [2.45, 2.75) is 290 Å². The van der Waals surface area contributed by atoms with Crippen molar-refractivity contribution >= 4 is 46.3 Å². The van der Waals surface area contributed by atoms with Crippen LogP contribution in [0.2, 0.25) is 0 Å². The van der Waals surface area contributed by atoms with Gasteiger partial charge in [0.1, 0.15) is 72.2 Å². The first-order chi connectivity index (χ1) is 66.5. The monoisotopic (exact) mass is 1910 g/mol. The summed E-state index contributed by atoms with van der Waals surface area (Å²) in [6.07, 6.45) is 16.2. The number of carbonyl (C=O) groups is 8. The van der Waals surface area contributed by atoms with E-state index in [0.717, 1.165) is 67.8 Å². The van der Waals surface area contributed by atoms with Crippen molar-refractivity contribution in [3.05, 3.63) is 257 Å². The minimum absolute atomic E-state index is 0.0252. The lowest BCUT2D eigenvalue weighted by molar-refractivity contribution is -0.121. The van der Waals surface area contributed by atoms with Gasteiger partial charge in [-0.3, -0.25) is 57.1 Å². The average Bonchev–Trinajstić information content (AvgIpc) is 0.961. The van der Waals surface area contributed by atoms with Crippen LogP contribution in [-0.2, 0) is 91.0 Å². The number of allylic oxidation sites excluding steroid dienone is 16. The second-order valence-electron chi connectivity index (χ2n) is 48.9. The Morgan fingerprint density at radius 2 is 0.390 bits per heavy atom. The smallest absolute Gasteiger partial charge is 0.162 e. The van der Waals surface area contributed by atoms with E-state index >= 15 is 0 Å². The highest BCUT2D eigenvalue weighted by Gasteiger charge is 2.55. The van der Waals surface area contributed by atoms with Crippen LogP contribution in [0, 0.1) is 48.7 Å². The van der Waals surface area contributed by atoms with Gasteiger partial charge in [0.25, 0.3) is 0 Å². The van der Waals surface area contributed by atoms with Gasteiger partial charge in [-0.05, 0) is 165 Å². The van der Waals surface area contributed by atoms with E-state index in [0.29, 0.717) is 193 Å². The summed E-state index contributed by atoms with van der Waals surface area (Å²) in [5.74, 6) is 0.690. The number of rotatable bonds is 24. The third-order valence-corrected chi connectivity index (χ3v) is 31.5. The lowest BCUT2D eigenvalue weighted by Crippen LogP contribution is -2.43. The van der Waals surface area contributed by atoms with E-state index < -0.39 is 29.1 Å². The third-order valence-electron chi connectivity index (χ3n) is 31.5. The summed E-state index contributed by atoms with van der Waals surface area (Å²) >= 11 is 0. The number of benzene rings is 4. The van der Waals surface area contributed by atoms with Crippen molar-refractivity contribution in [2.75, 3.05) is 28.2 Å². The van der Waals surface area contributed by atoms with E-state index in [1.165, 1.54) is 0 Å². The molecule has 8 aliphatic carbocycles. The number of hydrogen-bond donors (Lipinski definition) is 0. The molecule has 28 nitrogen and oxygen atoms in total. The van der Waals surface area contributed by atoms with Crippen LogP contribution in [0.15, 0.2) is 212 Å². The maximum absolute atomic E-state index is 14.5. The highest BCUT2D eigenvalue weighted by molar-refractivity contribution is 6.10. The summed E-state index contributed by atoms with van der Waals surface area (Å²) < 4.78 is 33.4. The topological polar surface area (TPSA) is 309 Å². The molecule has 12 aliphatic rings. The van der Waals surface area contributed by atoms with E-state index in [4.69, 9.17) is 60.2 Å². The number of ether oxygens (including phenoxy) is 4. The van der Waals surface area contributed by atoms with Crippen LogP contribution in [0.25, 0.3) is 0 Å². The van der Waals surface area contributed by atoms with Crippen LogP contribution in [0.5, 0.6) is 23.0 Å². The van der Waals surface area contributed by atoms with Crippen LogP contribution >= 0.6 is 0 Å². The molecule has 0 unspecified atom stereocenters. The van der Waals surface area contributed by atoms with Gasteiger partial charge in [0.05, 0.1) is 51.0 Å². The summed E-state index contributed by atoms with van der Waals surface area (Å²) in [5, 5.41) is 38.2. The van der Waals surface area contributed by atoms with Gasteiger partial charge in [0.15, 0.2) is 46.3 Å². The zero-order valence-corrected chi connectivity index (χ0v) is 85.4. The number of aromatic nitrogens is 12. The molecule has 0 saturated heterocycles. The second kappa shape index (κ2) is 34.8. The van der Waals surface area contributed by atoms with E-state index in [1.54, 1.807) is 18.7 Å². The number of hydrogen-bond acceptors (Lipinski definition) is 24. The van der Waals surface area contributed by atoms with Gasteiger partial charge in [-0.2, -0.15) is 0 Å². The van der Waals surface area contributed by atoms with Crippen LogP contribution in [-0.4, -0.2) is 154 Å². The van der Waals surface area contributed by atoms with E-state index in [2.05, 4.69) is 130 Å². The summed E-state index contributed by atoms with van der Waals surface area (Å²) in [7, 11) is 8.07. The molecule has 0 radical (unpaired) electrons. The predicted octanol–water partition coefficient (Wildman–Crippen LogP) is 18.7. The molecule has 0 N–H and O–H groups in total. The highest BCUT2D eigenvalue weighted by atomic mass is 16.5. The van der Waals surface area contributed by atoms with Gasteiger partial charge in [-0.15, -0.1) is 20.4 Å². The molecule has 0 spiro atoms. The van der Waals surface area contributed by atoms with Gasteiger partial charge >= 0.3 is 0 Å². The molecule has 4 aromatic heterocycles. The molecule has 736 valence electrons. The van der Waals surface area contributed by atoms with Crippen LogP contribution < -0.4 is 18.9 Å². The van der Waals surface area contributed by atoms with E-state index in [9.17, 15) is 38.4 Å². The normalized spacial score (nSPS) is 22.3. The van der Waals surface area contributed by atoms with Crippen LogP contribution in [0.4, 0.5) is 0 Å². The van der Waals surface area contributed by atoms with Gasteiger partial charge in [0, 0.05) is 199 Å². The minimum Gasteiger partial charge on any atom is -0.487 e. The Labute approximate surface area is 825 Å². The molecule has 0 saturated carbocycles. The first-order valence-corrected chi connectivity index (χ1v) is 50.0. The molecule has 28 heteroatoms. The Balaban J connectivity index is 0.611. The zero-order chi connectivity index (χ0) is 99.8. The predicted molar refractivity (Wildman–Crippen MR) is 528 cm³/mol. The minimum atomic E-state index is -1.04. The maximum atomic E-state index is 14.5. The third kappa shape index (κ3) is 18.6. The Hall–Kier alpha value is -12.9. The molecule has 8 heterocycles. The number of ketones is 8. The zero-order valence-electron chi connectivity index (χ0n) is 85.4. The fourth-order valence-electron chi connectivity index (χ4n) is 25.2. The molecule has 4 aliphatic heterocycles. The highest BCUT2D eigenvalue weighted by Crippen LogP contribution is 2.61. The molecule has 8 aromatic rings. The first kappa shape index (κ1) is 95.7. The van der Waals surface area contributed by atoms with Gasteiger partial charge in [0.2, 0.25) is 0 Å². The Morgan fingerprint density at radius 1 is 0.241 bits per heavy atom. The summed E-state index contributed by atoms with van der Waals surface area (Å²) in [6.45, 7) is 34.9. The summed E-state index contributed by atoms with van der Waals surface area (Å²) in [5.41, 5.74) is 16.0. The largest absolute Gasteiger partial charge is 0.487 e. The molecule has 4 aromatic carbocycles. The van der Waals surface area contributed by atoms with Gasteiger partial charge in [-0.25, -0.2) is 0 Å². The molecule has 20 rings (SSSR count). The maximum Gasteiger partial charge on any atom is 0.162 e. The molecular weight excluding hydrogens is 1770 g/mol. The lowest BCUT2D eigenvalue weighted by atomic mass is 9.64. The van der Waals surface area contributed by atoms with E-state index in [1.807, 2.05) is 150 Å². The number of carbonyl (C=O) groups excluding carboxylic acids is 8. The molecule has 0 atom stereocenters. The van der Waals surface area contributed by atoms with Crippen molar-refractivity contribution in [1.82, 2.24) is 79.6 Å². The molecule has 0 bridgehead atoms. The van der Waals surface area contributed by atoms with Crippen LogP contribution in [0.1, 0.15) is 282 Å². The number of Topliss-reactive ketones (excluding diaryl/α,β-unsaturated/α-hetero) is 8. The van der Waals surface area contributed by atoms with Crippen molar-refractivity contribution in [3.8, 4) is 23.0 Å². The van der Waals surface area contributed by atoms with Gasteiger partial charge < -0.3 is 38.5 Å².